The van der Waals surface area contributed by atoms with E-state index in [4.69, 9.17) is 9.97 Å². The minimum atomic E-state index is 0.796. The molecule has 5 rings (SSSR count). The summed E-state index contributed by atoms with van der Waals surface area (Å²) in [6.45, 7) is 9.52. The van der Waals surface area contributed by atoms with Crippen LogP contribution in [0.3, 0.4) is 0 Å². The maximum Gasteiger partial charge on any atom is 0.159 e. The van der Waals surface area contributed by atoms with Crippen LogP contribution in [0.5, 0.6) is 0 Å². The lowest BCUT2D eigenvalue weighted by Gasteiger charge is -2.36. The highest BCUT2D eigenvalue weighted by Crippen LogP contribution is 2.23. The van der Waals surface area contributed by atoms with E-state index in [1.54, 1.807) is 6.33 Å². The normalized spacial score (nSPS) is 14.5. The van der Waals surface area contributed by atoms with Crippen LogP contribution < -0.4 is 9.80 Å². The fourth-order valence-corrected chi connectivity index (χ4v) is 4.01. The van der Waals surface area contributed by atoms with Gasteiger partial charge in [-0.3, -0.25) is 0 Å². The number of hydrogen-bond acceptors (Lipinski definition) is 7. The molecular weight excluding hydrogens is 376 g/mol. The Morgan fingerprint density at radius 3 is 2.13 bits per heavy atom. The summed E-state index contributed by atoms with van der Waals surface area (Å²) in [6.07, 6.45) is 1.62. The molecule has 1 aromatic carbocycles. The summed E-state index contributed by atoms with van der Waals surface area (Å²) >= 11 is 0. The van der Waals surface area contributed by atoms with E-state index in [1.807, 2.05) is 61.9 Å². The Kier molecular flexibility index (Phi) is 4.54. The van der Waals surface area contributed by atoms with Crippen LogP contribution in [0.15, 0.2) is 42.7 Å². The first kappa shape index (κ1) is 18.5. The van der Waals surface area contributed by atoms with Gasteiger partial charge in [-0.2, -0.15) is 5.10 Å². The second-order valence-electron chi connectivity index (χ2n) is 7.67. The zero-order chi connectivity index (χ0) is 20.7. The molecule has 0 amide bonds. The zero-order valence-electron chi connectivity index (χ0n) is 17.4. The molecule has 8 heteroatoms. The van der Waals surface area contributed by atoms with Gasteiger partial charge >= 0.3 is 0 Å². The largest absolute Gasteiger partial charge is 0.353 e. The molecule has 152 valence electrons. The van der Waals surface area contributed by atoms with Crippen molar-refractivity contribution in [3.05, 3.63) is 59.8 Å². The lowest BCUT2D eigenvalue weighted by molar-refractivity contribution is 0.638. The van der Waals surface area contributed by atoms with Crippen molar-refractivity contribution in [2.45, 2.75) is 20.8 Å². The van der Waals surface area contributed by atoms with Crippen molar-refractivity contribution in [3.8, 4) is 5.82 Å². The molecule has 4 aromatic rings. The first-order valence-corrected chi connectivity index (χ1v) is 10.2. The predicted octanol–water partition coefficient (Wildman–Crippen LogP) is 2.86. The standard InChI is InChI=1S/C22H24N8/c1-15-12-16(2)30(27-15)21-13-20(23-14-24-21)28-8-10-29(11-9-28)22-17(3)25-18-6-4-5-7-19(18)26-22/h4-7,12-14H,8-11H2,1-3H3. The predicted molar refractivity (Wildman–Crippen MR) is 117 cm³/mol. The molecule has 4 heterocycles. The fraction of sp³-hybridized carbons (Fsp3) is 0.318. The Morgan fingerprint density at radius 1 is 0.767 bits per heavy atom. The molecule has 0 saturated carbocycles. The van der Waals surface area contributed by atoms with E-state index in [9.17, 15) is 0 Å². The van der Waals surface area contributed by atoms with Crippen molar-refractivity contribution in [1.82, 2.24) is 29.7 Å². The summed E-state index contributed by atoms with van der Waals surface area (Å²) in [7, 11) is 0. The number of rotatable bonds is 3. The third kappa shape index (κ3) is 3.34. The SMILES string of the molecule is Cc1cc(C)n(-c2cc(N3CCN(c4nc5ccccc5nc4C)CC3)ncn2)n1. The van der Waals surface area contributed by atoms with E-state index in [0.717, 1.165) is 71.7 Å². The van der Waals surface area contributed by atoms with E-state index in [2.05, 4.69) is 24.9 Å². The van der Waals surface area contributed by atoms with Crippen molar-refractivity contribution >= 4 is 22.7 Å². The highest BCUT2D eigenvalue weighted by Gasteiger charge is 2.22. The van der Waals surface area contributed by atoms with E-state index in [0.29, 0.717) is 0 Å². The zero-order valence-corrected chi connectivity index (χ0v) is 17.4. The lowest BCUT2D eigenvalue weighted by Crippen LogP contribution is -2.47. The average molecular weight is 400 g/mol. The van der Waals surface area contributed by atoms with Crippen LogP contribution in [-0.2, 0) is 0 Å². The summed E-state index contributed by atoms with van der Waals surface area (Å²) in [5.74, 6) is 2.69. The number of benzene rings is 1. The van der Waals surface area contributed by atoms with Crippen LogP contribution in [0.2, 0.25) is 0 Å². The fourth-order valence-electron chi connectivity index (χ4n) is 4.01. The maximum atomic E-state index is 4.87. The van der Waals surface area contributed by atoms with Crippen LogP contribution in [0.25, 0.3) is 16.9 Å². The van der Waals surface area contributed by atoms with Gasteiger partial charge in [-0.1, -0.05) is 12.1 Å². The summed E-state index contributed by atoms with van der Waals surface area (Å²) in [5.41, 5.74) is 4.89. The van der Waals surface area contributed by atoms with Gasteiger partial charge in [0.2, 0.25) is 0 Å². The first-order valence-electron chi connectivity index (χ1n) is 10.2. The minimum Gasteiger partial charge on any atom is -0.353 e. The van der Waals surface area contributed by atoms with Crippen LogP contribution >= 0.6 is 0 Å². The van der Waals surface area contributed by atoms with Crippen molar-refractivity contribution in [2.24, 2.45) is 0 Å². The molecule has 0 radical (unpaired) electrons. The molecule has 0 N–H and O–H groups in total. The molecule has 0 atom stereocenters. The van der Waals surface area contributed by atoms with Crippen molar-refractivity contribution in [3.63, 3.8) is 0 Å². The number of aromatic nitrogens is 6. The topological polar surface area (TPSA) is 75.9 Å². The highest BCUT2D eigenvalue weighted by molar-refractivity contribution is 5.76. The molecule has 3 aromatic heterocycles. The van der Waals surface area contributed by atoms with Gasteiger partial charge in [-0.15, -0.1) is 0 Å². The average Bonchev–Trinajstić information content (AvgIpc) is 3.11. The van der Waals surface area contributed by atoms with Gasteiger partial charge in [0.25, 0.3) is 0 Å². The molecule has 8 nitrogen and oxygen atoms in total. The molecular formula is C22H24N8. The number of para-hydroxylation sites is 2. The van der Waals surface area contributed by atoms with Gasteiger partial charge in [0, 0.05) is 37.9 Å². The molecule has 0 aliphatic carbocycles. The Morgan fingerprint density at radius 2 is 1.43 bits per heavy atom. The van der Waals surface area contributed by atoms with Gasteiger partial charge in [0.05, 0.1) is 22.4 Å². The molecule has 0 bridgehead atoms. The molecule has 1 saturated heterocycles. The Labute approximate surface area is 175 Å². The van der Waals surface area contributed by atoms with Gasteiger partial charge in [-0.05, 0) is 39.0 Å². The summed E-state index contributed by atoms with van der Waals surface area (Å²) in [4.78, 5) is 23.1. The Balaban J connectivity index is 1.35. The molecule has 30 heavy (non-hydrogen) atoms. The van der Waals surface area contributed by atoms with Gasteiger partial charge in [0.1, 0.15) is 12.1 Å². The molecule has 0 unspecified atom stereocenters. The van der Waals surface area contributed by atoms with Crippen LogP contribution in [0.4, 0.5) is 11.6 Å². The van der Waals surface area contributed by atoms with Gasteiger partial charge in [0.15, 0.2) is 11.6 Å². The third-order valence-corrected chi connectivity index (χ3v) is 5.49. The minimum absolute atomic E-state index is 0.796. The summed E-state index contributed by atoms with van der Waals surface area (Å²) in [5, 5.41) is 4.54. The number of nitrogens with zero attached hydrogens (tertiary/aromatic N) is 8. The second-order valence-corrected chi connectivity index (χ2v) is 7.67. The second kappa shape index (κ2) is 7.37. The lowest BCUT2D eigenvalue weighted by atomic mass is 10.2. The highest BCUT2D eigenvalue weighted by atomic mass is 15.3. The van der Waals surface area contributed by atoms with Crippen molar-refractivity contribution in [1.29, 1.82) is 0 Å². The molecule has 1 fully saturated rings. The third-order valence-electron chi connectivity index (χ3n) is 5.49. The Hall–Kier alpha value is -3.55. The maximum absolute atomic E-state index is 4.87. The number of piperazine rings is 1. The van der Waals surface area contributed by atoms with E-state index in [1.165, 1.54) is 0 Å². The number of anilines is 2. The summed E-state index contributed by atoms with van der Waals surface area (Å²) in [6, 6.07) is 12.1. The molecule has 1 aliphatic rings. The van der Waals surface area contributed by atoms with Gasteiger partial charge in [-0.25, -0.2) is 24.6 Å². The quantitative estimate of drug-likeness (QED) is 0.523. The summed E-state index contributed by atoms with van der Waals surface area (Å²) < 4.78 is 1.87. The van der Waals surface area contributed by atoms with E-state index >= 15 is 0 Å². The van der Waals surface area contributed by atoms with Crippen LogP contribution in [0.1, 0.15) is 17.1 Å². The number of aryl methyl sites for hydroxylation is 3. The van der Waals surface area contributed by atoms with E-state index < -0.39 is 0 Å². The van der Waals surface area contributed by atoms with E-state index in [-0.39, 0.29) is 0 Å². The van der Waals surface area contributed by atoms with Crippen molar-refractivity contribution in [2.75, 3.05) is 36.0 Å². The smallest absolute Gasteiger partial charge is 0.159 e. The number of hydrogen-bond donors (Lipinski definition) is 0. The first-order chi connectivity index (χ1) is 14.6. The van der Waals surface area contributed by atoms with Crippen LogP contribution in [-0.4, -0.2) is 55.9 Å². The monoisotopic (exact) mass is 400 g/mol. The molecule has 1 aliphatic heterocycles. The van der Waals surface area contributed by atoms with Gasteiger partial charge < -0.3 is 9.80 Å². The Bertz CT molecular complexity index is 1210. The number of fused-ring (bicyclic) bond motifs is 1. The molecule has 0 spiro atoms. The van der Waals surface area contributed by atoms with Crippen LogP contribution in [0, 0.1) is 20.8 Å². The van der Waals surface area contributed by atoms with Crippen molar-refractivity contribution < 1.29 is 0 Å².